The molecule has 1 heterocycles. The van der Waals surface area contributed by atoms with Gasteiger partial charge in [-0.1, -0.05) is 10.8 Å². The number of aromatic nitrogens is 1. The fourth-order valence-corrected chi connectivity index (χ4v) is 2.98. The average molecular weight is 315 g/mol. The smallest absolute Gasteiger partial charge is 0.434 e. The number of hydrogen-bond acceptors (Lipinski definition) is 7. The lowest BCUT2D eigenvalue weighted by molar-refractivity contribution is 0.0995. The summed E-state index contributed by atoms with van der Waals surface area (Å²) in [5, 5.41) is 0.985. The third-order valence-corrected chi connectivity index (χ3v) is 4.22. The molecule has 1 aromatic heterocycles. The molecule has 0 unspecified atom stereocenters. The molecule has 1 aromatic carbocycles. The lowest BCUT2D eigenvalue weighted by Crippen LogP contribution is -2.11. The van der Waals surface area contributed by atoms with Gasteiger partial charge in [-0.2, -0.15) is 0 Å². The van der Waals surface area contributed by atoms with Crippen molar-refractivity contribution in [2.75, 3.05) is 12.4 Å². The lowest BCUT2D eigenvalue weighted by Gasteiger charge is -2.05. The molecule has 0 aliphatic rings. The van der Waals surface area contributed by atoms with E-state index < -0.39 is 6.16 Å². The number of rotatable bonds is 5. The maximum Gasteiger partial charge on any atom is 0.513 e. The van der Waals surface area contributed by atoms with Crippen LogP contribution in [0.25, 0.3) is 10.2 Å². The largest absolute Gasteiger partial charge is 0.513 e. The van der Waals surface area contributed by atoms with Crippen LogP contribution in [0, 0.1) is 6.92 Å². The molecule has 19 heavy (non-hydrogen) atoms. The second-order valence-electron chi connectivity index (χ2n) is 3.75. The summed E-state index contributed by atoms with van der Waals surface area (Å²) in [7, 11) is 1.42. The second kappa shape index (κ2) is 7.02. The highest BCUT2D eigenvalue weighted by Gasteiger charge is 2.08. The molecule has 0 atom stereocenters. The Balaban J connectivity index is 1.91. The highest BCUT2D eigenvalue weighted by atomic mass is 33.1. The fraction of sp³-hybridized carbons (Fsp3) is 0.333. The van der Waals surface area contributed by atoms with Crippen molar-refractivity contribution >= 4 is 50.2 Å². The van der Waals surface area contributed by atoms with Gasteiger partial charge in [-0.25, -0.2) is 9.78 Å². The Morgan fingerprint density at radius 1 is 1.53 bits per heavy atom. The van der Waals surface area contributed by atoms with E-state index in [-0.39, 0.29) is 0 Å². The van der Waals surface area contributed by atoms with Gasteiger partial charge in [0.25, 0.3) is 0 Å². The molecule has 0 spiro atoms. The predicted octanol–water partition coefficient (Wildman–Crippen LogP) is 4.09. The third-order valence-electron chi connectivity index (χ3n) is 2.27. The van der Waals surface area contributed by atoms with Crippen LogP contribution >= 0.6 is 33.8 Å². The summed E-state index contributed by atoms with van der Waals surface area (Å²) < 4.78 is 11.0. The number of benzene rings is 1. The molecule has 0 amide bonds. The van der Waals surface area contributed by atoms with E-state index in [0.29, 0.717) is 12.4 Å². The zero-order valence-corrected chi connectivity index (χ0v) is 12.8. The first kappa shape index (κ1) is 14.5. The van der Waals surface area contributed by atoms with Crippen LogP contribution in [0.3, 0.4) is 0 Å². The molecule has 2 rings (SSSR count). The minimum atomic E-state index is -0.676. The van der Waals surface area contributed by atoms with E-state index in [9.17, 15) is 4.79 Å². The van der Waals surface area contributed by atoms with Crippen molar-refractivity contribution < 1.29 is 14.3 Å². The number of thiol groups is 1. The molecule has 2 aromatic rings. The second-order valence-corrected chi connectivity index (χ2v) is 6.43. The maximum atomic E-state index is 11.4. The summed E-state index contributed by atoms with van der Waals surface area (Å²) in [6.07, 6.45) is 0.0841. The van der Waals surface area contributed by atoms with Crippen LogP contribution in [0.4, 0.5) is 4.79 Å². The van der Waals surface area contributed by atoms with Gasteiger partial charge in [-0.15, -0.1) is 23.0 Å². The van der Waals surface area contributed by atoms with Crippen LogP contribution in [0.15, 0.2) is 18.2 Å². The van der Waals surface area contributed by atoms with E-state index in [1.54, 1.807) is 23.5 Å². The van der Waals surface area contributed by atoms with Crippen LogP contribution in [0.1, 0.15) is 11.4 Å². The molecule has 0 fully saturated rings. The summed E-state index contributed by atoms with van der Waals surface area (Å²) in [6.45, 7) is 2.28. The molecule has 0 aliphatic carbocycles. The number of nitrogens with zero attached hydrogens (tertiary/aromatic N) is 1. The summed E-state index contributed by atoms with van der Waals surface area (Å²) in [5.41, 5.74) is 0.911. The van der Waals surface area contributed by atoms with E-state index in [1.165, 1.54) is 10.8 Å². The normalized spacial score (nSPS) is 10.6. The Bertz CT molecular complexity index is 570. The molecule has 0 saturated carbocycles. The maximum absolute atomic E-state index is 11.4. The van der Waals surface area contributed by atoms with E-state index in [2.05, 4.69) is 16.6 Å². The van der Waals surface area contributed by atoms with Gasteiger partial charge < -0.3 is 9.47 Å². The molecule has 0 N–H and O–H groups in total. The highest BCUT2D eigenvalue weighted by Crippen LogP contribution is 2.26. The first-order chi connectivity index (χ1) is 9.19. The zero-order chi connectivity index (χ0) is 13.7. The van der Waals surface area contributed by atoms with Gasteiger partial charge >= 0.3 is 6.16 Å². The van der Waals surface area contributed by atoms with Crippen LogP contribution < -0.4 is 4.74 Å². The van der Waals surface area contributed by atoms with Crippen molar-refractivity contribution in [3.05, 3.63) is 23.2 Å². The van der Waals surface area contributed by atoms with Crippen molar-refractivity contribution in [3.8, 4) is 5.75 Å². The van der Waals surface area contributed by atoms with Gasteiger partial charge in [0.15, 0.2) is 0 Å². The summed E-state index contributed by atoms with van der Waals surface area (Å²) in [4.78, 5) is 15.8. The zero-order valence-electron chi connectivity index (χ0n) is 10.3. The Labute approximate surface area is 124 Å². The molecular formula is C12H13NO3S3. The summed E-state index contributed by atoms with van der Waals surface area (Å²) >= 11 is 5.57. The Hall–Kier alpha value is -0.920. The van der Waals surface area contributed by atoms with Crippen LogP contribution in [-0.4, -0.2) is 23.5 Å². The minimum absolute atomic E-state index is 0.342. The molecule has 4 nitrogen and oxygen atoms in total. The van der Waals surface area contributed by atoms with Gasteiger partial charge in [-0.05, 0) is 25.5 Å². The number of ether oxygens (including phenoxy) is 2. The van der Waals surface area contributed by atoms with E-state index in [0.717, 1.165) is 27.4 Å². The lowest BCUT2D eigenvalue weighted by atomic mass is 10.3. The molecule has 0 bridgehead atoms. The van der Waals surface area contributed by atoms with Crippen LogP contribution in [-0.2, 0) is 4.74 Å². The predicted molar refractivity (Wildman–Crippen MR) is 82.4 cm³/mol. The van der Waals surface area contributed by atoms with Gasteiger partial charge in [0.2, 0.25) is 0 Å². The number of aryl methyl sites for hydroxylation is 1. The van der Waals surface area contributed by atoms with Crippen molar-refractivity contribution in [2.45, 2.75) is 13.3 Å². The van der Waals surface area contributed by atoms with Crippen molar-refractivity contribution in [2.24, 2.45) is 0 Å². The number of carbonyl (C=O) groups is 1. The van der Waals surface area contributed by atoms with E-state index in [4.69, 9.17) is 9.47 Å². The quantitative estimate of drug-likeness (QED) is 0.296. The molecular weight excluding hydrogens is 302 g/mol. The Morgan fingerprint density at radius 2 is 2.37 bits per heavy atom. The minimum Gasteiger partial charge on any atom is -0.434 e. The number of thiazole rings is 1. The van der Waals surface area contributed by atoms with Crippen molar-refractivity contribution in [1.29, 1.82) is 0 Å². The first-order valence-corrected chi connectivity index (χ1v) is 8.52. The summed E-state index contributed by atoms with van der Waals surface area (Å²) in [5.74, 6) is 1.31. The van der Waals surface area contributed by atoms with E-state index >= 15 is 0 Å². The standard InChI is InChI=1S/C12H13NO3S3/c1-8-13-10-4-3-9(7-11(10)19-8)16-12(14)15-5-2-6-18-17/h3-4,7,17H,2,5-6H2,1H3. The SMILES string of the molecule is Cc1nc2ccc(OC(=O)OCCCSS)cc2s1. The Morgan fingerprint density at radius 3 is 3.16 bits per heavy atom. The first-order valence-electron chi connectivity index (χ1n) is 5.67. The molecule has 7 heteroatoms. The monoisotopic (exact) mass is 315 g/mol. The van der Waals surface area contributed by atoms with Crippen LogP contribution in [0.5, 0.6) is 5.75 Å². The molecule has 102 valence electrons. The van der Waals surface area contributed by atoms with Crippen molar-refractivity contribution in [3.63, 3.8) is 0 Å². The third kappa shape index (κ3) is 4.29. The van der Waals surface area contributed by atoms with Gasteiger partial charge in [0, 0.05) is 11.8 Å². The number of fused-ring (bicyclic) bond motifs is 1. The van der Waals surface area contributed by atoms with Gasteiger partial charge in [0.05, 0.1) is 21.8 Å². The molecule has 0 aliphatic heterocycles. The van der Waals surface area contributed by atoms with E-state index in [1.807, 2.05) is 13.0 Å². The van der Waals surface area contributed by atoms with Gasteiger partial charge in [0.1, 0.15) is 5.75 Å². The number of carbonyl (C=O) groups excluding carboxylic acids is 1. The van der Waals surface area contributed by atoms with Gasteiger partial charge in [-0.3, -0.25) is 0 Å². The highest BCUT2D eigenvalue weighted by molar-refractivity contribution is 8.68. The summed E-state index contributed by atoms with van der Waals surface area (Å²) in [6, 6.07) is 5.34. The fourth-order valence-electron chi connectivity index (χ4n) is 1.49. The molecule has 0 saturated heterocycles. The Kier molecular flexibility index (Phi) is 5.35. The number of hydrogen-bond donors (Lipinski definition) is 1. The van der Waals surface area contributed by atoms with Crippen molar-refractivity contribution in [1.82, 2.24) is 4.98 Å². The van der Waals surface area contributed by atoms with Crippen LogP contribution in [0.2, 0.25) is 0 Å². The topological polar surface area (TPSA) is 48.4 Å². The average Bonchev–Trinajstić information content (AvgIpc) is 2.74. The molecule has 0 radical (unpaired) electrons.